The fourth-order valence-corrected chi connectivity index (χ4v) is 11.6. The lowest BCUT2D eigenvalue weighted by molar-refractivity contribution is 0.00580. The highest BCUT2D eigenvalue weighted by Crippen LogP contribution is 2.35. The average molecular weight is 1580 g/mol. The number of phenolic OH excluding ortho intramolecular Hbond substituents is 2. The lowest BCUT2D eigenvalue weighted by Gasteiger charge is -2.21. The summed E-state index contributed by atoms with van der Waals surface area (Å²) in [6.45, 7) is 18.0. The van der Waals surface area contributed by atoms with Gasteiger partial charge in [0.25, 0.3) is 17.7 Å². The van der Waals surface area contributed by atoms with Gasteiger partial charge in [0, 0.05) is 27.9 Å². The van der Waals surface area contributed by atoms with E-state index in [4.69, 9.17) is 33.2 Å². The third kappa shape index (κ3) is 22.3. The number of aromatic hydroxyl groups is 2. The first-order chi connectivity index (χ1) is 56.3. The zero-order chi connectivity index (χ0) is 84.4. The van der Waals surface area contributed by atoms with E-state index in [0.717, 1.165) is 56.5 Å². The maximum absolute atomic E-state index is 13.3. The zero-order valence-corrected chi connectivity index (χ0v) is 65.8. The van der Waals surface area contributed by atoms with Crippen molar-refractivity contribution in [2.75, 3.05) is 21.7 Å². The number of nitrogen functional groups attached to an aromatic ring is 1. The van der Waals surface area contributed by atoms with E-state index in [-0.39, 0.29) is 68.4 Å². The van der Waals surface area contributed by atoms with Crippen LogP contribution < -0.4 is 21.7 Å². The Balaban J connectivity index is 0.000000157. The molecule has 26 heteroatoms. The number of hydrogen-bond acceptors (Lipinski definition) is 22. The van der Waals surface area contributed by atoms with Crippen molar-refractivity contribution in [1.29, 1.82) is 0 Å². The van der Waals surface area contributed by atoms with Gasteiger partial charge < -0.3 is 64.5 Å². The molecular formula is C92H82N10O16. The van der Waals surface area contributed by atoms with Gasteiger partial charge in [-0.05, 0) is 216 Å². The molecule has 0 aliphatic rings. The van der Waals surface area contributed by atoms with Gasteiger partial charge in [-0.2, -0.15) is 0 Å². The lowest BCUT2D eigenvalue weighted by Crippen LogP contribution is -2.25. The largest absolute Gasteiger partial charge is 0.507 e. The van der Waals surface area contributed by atoms with E-state index >= 15 is 0 Å². The molecule has 11 aromatic carbocycles. The monoisotopic (exact) mass is 1580 g/mol. The van der Waals surface area contributed by atoms with Gasteiger partial charge in [-0.1, -0.05) is 152 Å². The first kappa shape index (κ1) is 83.5. The molecule has 26 nitrogen and oxygen atoms in total. The van der Waals surface area contributed by atoms with E-state index in [9.17, 15) is 48.9 Å². The van der Waals surface area contributed by atoms with Crippen molar-refractivity contribution in [2.45, 2.75) is 86.0 Å². The Morgan fingerprint density at radius 2 is 0.602 bits per heavy atom. The molecule has 0 unspecified atom stereocenters. The summed E-state index contributed by atoms with van der Waals surface area (Å²) in [6, 6.07) is 72.9. The number of phenols is 2. The second-order valence-electron chi connectivity index (χ2n) is 29.4. The number of esters is 3. The van der Waals surface area contributed by atoms with Crippen molar-refractivity contribution in [1.82, 2.24) is 30.6 Å². The van der Waals surface area contributed by atoms with Crippen molar-refractivity contribution in [2.24, 2.45) is 0 Å². The zero-order valence-electron chi connectivity index (χ0n) is 65.8. The fourth-order valence-electron chi connectivity index (χ4n) is 11.6. The van der Waals surface area contributed by atoms with Crippen molar-refractivity contribution in [3.8, 4) is 90.4 Å². The Kier molecular flexibility index (Phi) is 26.2. The number of carbonyl (C=O) groups is 7. The topological polar surface area (TPSA) is 387 Å². The van der Waals surface area contributed by atoms with Gasteiger partial charge in [0.05, 0.1) is 50.4 Å². The number of aromatic nitrogens is 6. The molecule has 118 heavy (non-hydrogen) atoms. The van der Waals surface area contributed by atoms with Crippen LogP contribution in [-0.2, 0) is 14.2 Å². The molecule has 0 spiro atoms. The first-order valence-electron chi connectivity index (χ1n) is 36.8. The molecule has 0 aliphatic carbocycles. The Morgan fingerprint density at radius 1 is 0.322 bits per heavy atom. The molecule has 0 saturated heterocycles. The normalized spacial score (nSPS) is 11.0. The van der Waals surface area contributed by atoms with Gasteiger partial charge in [0.1, 0.15) is 28.3 Å². The summed E-state index contributed by atoms with van der Waals surface area (Å²) < 4.78 is 32.0. The van der Waals surface area contributed by atoms with Crippen molar-refractivity contribution in [3.05, 3.63) is 312 Å². The van der Waals surface area contributed by atoms with E-state index in [1.165, 1.54) is 49.2 Å². The number of aryl methyl sites for hydroxylation is 1. The molecular weight excluding hydrogens is 1500 g/mol. The number of carbonyl (C=O) groups excluding carboxylic acids is 6. The Labute approximate surface area is 678 Å². The molecule has 596 valence electrons. The van der Waals surface area contributed by atoms with Crippen LogP contribution in [0.4, 0.5) is 22.7 Å². The molecule has 3 aromatic heterocycles. The van der Waals surface area contributed by atoms with Gasteiger partial charge in [-0.25, -0.2) is 19.2 Å². The van der Waals surface area contributed by atoms with Gasteiger partial charge in [0.15, 0.2) is 0 Å². The summed E-state index contributed by atoms with van der Waals surface area (Å²) in [5, 5.41) is 60.6. The van der Waals surface area contributed by atoms with Crippen LogP contribution >= 0.6 is 0 Å². The Bertz CT molecular complexity index is 5700. The smallest absolute Gasteiger partial charge is 0.340 e. The molecule has 3 heterocycles. The molecule has 14 rings (SSSR count). The first-order valence-corrected chi connectivity index (χ1v) is 36.8. The number of benzene rings is 11. The highest BCUT2D eigenvalue weighted by molar-refractivity contribution is 6.12. The van der Waals surface area contributed by atoms with Crippen LogP contribution in [0.25, 0.3) is 78.9 Å². The molecule has 0 aliphatic heterocycles. The predicted octanol–water partition coefficient (Wildman–Crippen LogP) is 19.2. The second kappa shape index (κ2) is 37.0. The fraction of sp³-hybridized carbons (Fsp3) is 0.141. The molecule has 14 aromatic rings. The van der Waals surface area contributed by atoms with E-state index in [2.05, 4.69) is 46.5 Å². The number of anilines is 4. The average Bonchev–Trinajstić information content (AvgIpc) is 0.907. The number of rotatable bonds is 17. The quantitative estimate of drug-likeness (QED) is 0.0253. The minimum Gasteiger partial charge on any atom is -0.507 e. The maximum atomic E-state index is 13.3. The molecule has 0 bridgehead atoms. The molecule has 0 fully saturated rings. The molecule has 3 amide bonds. The number of ether oxygens (including phenoxy) is 3. The van der Waals surface area contributed by atoms with Gasteiger partial charge >= 0.3 is 23.9 Å². The summed E-state index contributed by atoms with van der Waals surface area (Å²) in [7, 11) is 0. The highest BCUT2D eigenvalue weighted by atomic mass is 16.6. The SMILES string of the molecule is CC(C)(C)OC(=O)c1ccc(-c2ccccc2)cc1N.CC(C)(C)OC(=O)c1ccc(-c2ccccc2)cc1NC(=O)c1cc(-c2nnco2)ccc1O.Cc1ccc(-c2nnco2)cc1C(=O)Nc1cc(-c2ccccc2)ccc1C(=O)OC(C)(C)C.O=C(Nc1cc(-c2ccccc2)ccc1C(=O)O)c1cc(-c2nnco2)ccc1O. The van der Waals surface area contributed by atoms with Crippen LogP contribution in [0.3, 0.4) is 0 Å². The number of nitrogens with two attached hydrogens (primary N) is 1. The Hall–Kier alpha value is -15.5. The number of aromatic carboxylic acids is 1. The summed E-state index contributed by atoms with van der Waals surface area (Å²) in [5.74, 6) is -4.14. The number of amides is 3. The van der Waals surface area contributed by atoms with Crippen LogP contribution in [0.1, 0.15) is 140 Å². The summed E-state index contributed by atoms with van der Waals surface area (Å²) in [4.78, 5) is 88.8. The van der Waals surface area contributed by atoms with E-state index in [0.29, 0.717) is 45.1 Å². The molecule has 8 N–H and O–H groups in total. The van der Waals surface area contributed by atoms with Crippen molar-refractivity contribution in [3.63, 3.8) is 0 Å². The summed E-state index contributed by atoms with van der Waals surface area (Å²) >= 11 is 0. The lowest BCUT2D eigenvalue weighted by atomic mass is 10.0. The van der Waals surface area contributed by atoms with Gasteiger partial charge in [-0.3, -0.25) is 14.4 Å². The number of carboxylic acids is 1. The predicted molar refractivity (Wildman–Crippen MR) is 446 cm³/mol. The van der Waals surface area contributed by atoms with Crippen LogP contribution in [0, 0.1) is 6.92 Å². The minimum absolute atomic E-state index is 0.0176. The third-order valence-electron chi connectivity index (χ3n) is 17.2. The number of nitrogens with one attached hydrogen (secondary N) is 3. The summed E-state index contributed by atoms with van der Waals surface area (Å²) in [6.07, 6.45) is 3.55. The Morgan fingerprint density at radius 3 is 0.915 bits per heavy atom. The van der Waals surface area contributed by atoms with Crippen molar-refractivity contribution < 1.29 is 76.3 Å². The number of nitrogens with zero attached hydrogens (tertiary/aromatic N) is 6. The number of hydrogen-bond donors (Lipinski definition) is 7. The van der Waals surface area contributed by atoms with Gasteiger partial charge in [-0.15, -0.1) is 30.6 Å². The third-order valence-corrected chi connectivity index (χ3v) is 17.2. The highest BCUT2D eigenvalue weighted by Gasteiger charge is 2.28. The van der Waals surface area contributed by atoms with Crippen LogP contribution in [-0.4, -0.2) is 104 Å². The minimum atomic E-state index is -1.19. The maximum Gasteiger partial charge on any atom is 0.340 e. The van der Waals surface area contributed by atoms with Crippen LogP contribution in [0.15, 0.2) is 281 Å². The molecule has 0 atom stereocenters. The van der Waals surface area contributed by atoms with E-state index in [1.807, 2.05) is 173 Å². The van der Waals surface area contributed by atoms with E-state index < -0.39 is 52.5 Å². The van der Waals surface area contributed by atoms with Crippen LogP contribution in [0.5, 0.6) is 11.5 Å². The standard InChI is InChI=1S/C27H25N3O4.C26H23N3O5.C22H15N3O5.C17H19NO2/c1-17-10-11-20(25-30-28-16-33-25)14-22(17)24(31)29-23-15-19(18-8-6-5-7-9-18)12-13-21(23)26(32)34-27(2,3)4;1-26(2,3)34-25(32)19-11-9-17(16-7-5-4-6-8-16)14-21(19)28-23(31)20-13-18(10-12-22(20)30)24-29-27-15-33-24;26-19-9-7-15(21-25-23-12-30-21)10-17(19)20(27)24-18-11-14(6-8-16(18)22(28)29)13-4-2-1-3-5-13;1-17(2,3)20-16(19)14-10-9-13(11-15(14)18)12-7-5-4-6-8-12/h5-16H,1-4H3,(H,29,31);4-15,30H,1-3H3,(H,28,31);1-12,26H,(H,24,27)(H,28,29);4-11H,18H2,1-3H3. The molecule has 0 radical (unpaired) electrons. The molecule has 0 saturated carbocycles. The van der Waals surface area contributed by atoms with Crippen molar-refractivity contribution >= 4 is 64.3 Å². The second-order valence-corrected chi connectivity index (χ2v) is 29.4. The summed E-state index contributed by atoms with van der Waals surface area (Å²) in [5.41, 5.74) is 15.8. The van der Waals surface area contributed by atoms with Crippen LogP contribution in [0.2, 0.25) is 0 Å². The van der Waals surface area contributed by atoms with Gasteiger partial charge in [0.2, 0.25) is 36.9 Å². The van der Waals surface area contributed by atoms with E-state index in [1.54, 1.807) is 108 Å². The number of carboxylic acid groups (broad SMARTS) is 1.